The minimum absolute atomic E-state index is 0.205. The standard InChI is InChI=1S/C21H26F3N3O/c1-2-3-4-5-12-26-20(28)18-11-10-17(13-19(18)25)27-14-15-6-8-16(9-7-15)21(22,23)24/h6-11,13,27H,2-5,12,14,25H2,1H3,(H,26,28). The summed E-state index contributed by atoms with van der Waals surface area (Å²) in [6, 6.07) is 9.99. The van der Waals surface area contributed by atoms with Crippen LogP contribution in [0.1, 0.15) is 54.1 Å². The molecule has 1 amide bonds. The zero-order valence-electron chi connectivity index (χ0n) is 15.9. The molecule has 0 fully saturated rings. The Kier molecular flexibility index (Phi) is 7.72. The molecule has 0 heterocycles. The number of unbranched alkanes of at least 4 members (excludes halogenated alkanes) is 3. The average Bonchev–Trinajstić information content (AvgIpc) is 2.65. The van der Waals surface area contributed by atoms with Crippen LogP contribution in [0, 0.1) is 0 Å². The van der Waals surface area contributed by atoms with E-state index < -0.39 is 11.7 Å². The molecule has 0 spiro atoms. The van der Waals surface area contributed by atoms with Crippen molar-refractivity contribution in [1.29, 1.82) is 0 Å². The largest absolute Gasteiger partial charge is 0.416 e. The second-order valence-corrected chi connectivity index (χ2v) is 6.67. The SMILES string of the molecule is CCCCCCNC(=O)c1ccc(NCc2ccc(C(F)(F)F)cc2)cc1N. The predicted octanol–water partition coefficient (Wildman–Crippen LogP) is 5.21. The number of hydrogen-bond acceptors (Lipinski definition) is 3. The molecule has 28 heavy (non-hydrogen) atoms. The molecule has 0 aliphatic carbocycles. The Balaban J connectivity index is 1.88. The van der Waals surface area contributed by atoms with Gasteiger partial charge in [-0.2, -0.15) is 13.2 Å². The zero-order valence-corrected chi connectivity index (χ0v) is 15.9. The molecule has 0 aromatic heterocycles. The van der Waals surface area contributed by atoms with Gasteiger partial charge in [0, 0.05) is 24.5 Å². The highest BCUT2D eigenvalue weighted by molar-refractivity contribution is 5.99. The number of nitrogens with one attached hydrogen (secondary N) is 2. The molecular formula is C21H26F3N3O. The third kappa shape index (κ3) is 6.48. The predicted molar refractivity (Wildman–Crippen MR) is 106 cm³/mol. The van der Waals surface area contributed by atoms with Crippen molar-refractivity contribution in [2.75, 3.05) is 17.6 Å². The molecule has 0 unspecified atom stereocenters. The van der Waals surface area contributed by atoms with E-state index in [0.29, 0.717) is 35.6 Å². The van der Waals surface area contributed by atoms with Crippen molar-refractivity contribution in [3.05, 3.63) is 59.2 Å². The monoisotopic (exact) mass is 393 g/mol. The summed E-state index contributed by atoms with van der Waals surface area (Å²) < 4.78 is 37.8. The Morgan fingerprint density at radius 1 is 1.04 bits per heavy atom. The second-order valence-electron chi connectivity index (χ2n) is 6.67. The highest BCUT2D eigenvalue weighted by atomic mass is 19.4. The summed E-state index contributed by atoms with van der Waals surface area (Å²) >= 11 is 0. The van der Waals surface area contributed by atoms with Crippen molar-refractivity contribution >= 4 is 17.3 Å². The molecule has 0 aliphatic rings. The van der Waals surface area contributed by atoms with Crippen LogP contribution in [0.2, 0.25) is 0 Å². The number of hydrogen-bond donors (Lipinski definition) is 3. The first-order valence-corrected chi connectivity index (χ1v) is 9.39. The quantitative estimate of drug-likeness (QED) is 0.405. The summed E-state index contributed by atoms with van der Waals surface area (Å²) in [6.07, 6.45) is -0.0305. The maximum Gasteiger partial charge on any atom is 0.416 e. The van der Waals surface area contributed by atoms with Crippen molar-refractivity contribution in [2.45, 2.75) is 45.3 Å². The molecule has 0 saturated heterocycles. The molecule has 7 heteroatoms. The van der Waals surface area contributed by atoms with E-state index in [4.69, 9.17) is 5.73 Å². The summed E-state index contributed by atoms with van der Waals surface area (Å²) in [6.45, 7) is 3.10. The van der Waals surface area contributed by atoms with Gasteiger partial charge in [0.05, 0.1) is 11.1 Å². The van der Waals surface area contributed by atoms with Crippen molar-refractivity contribution in [3.63, 3.8) is 0 Å². The lowest BCUT2D eigenvalue weighted by Gasteiger charge is -2.12. The van der Waals surface area contributed by atoms with Gasteiger partial charge in [0.15, 0.2) is 0 Å². The average molecular weight is 393 g/mol. The number of nitrogens with two attached hydrogens (primary N) is 1. The summed E-state index contributed by atoms with van der Waals surface area (Å²) in [5.74, 6) is -0.205. The van der Waals surface area contributed by atoms with Crippen LogP contribution in [-0.4, -0.2) is 12.5 Å². The maximum absolute atomic E-state index is 12.6. The molecule has 4 N–H and O–H groups in total. The van der Waals surface area contributed by atoms with Gasteiger partial charge in [-0.25, -0.2) is 0 Å². The van der Waals surface area contributed by atoms with Gasteiger partial charge in [-0.1, -0.05) is 38.3 Å². The number of amides is 1. The van der Waals surface area contributed by atoms with Crippen LogP contribution < -0.4 is 16.4 Å². The number of alkyl halides is 3. The van der Waals surface area contributed by atoms with E-state index in [1.165, 1.54) is 12.1 Å². The number of benzene rings is 2. The fourth-order valence-electron chi connectivity index (χ4n) is 2.74. The van der Waals surface area contributed by atoms with E-state index in [0.717, 1.165) is 37.8 Å². The van der Waals surface area contributed by atoms with E-state index >= 15 is 0 Å². The highest BCUT2D eigenvalue weighted by Crippen LogP contribution is 2.29. The lowest BCUT2D eigenvalue weighted by molar-refractivity contribution is -0.137. The van der Waals surface area contributed by atoms with Crippen LogP contribution >= 0.6 is 0 Å². The number of nitrogen functional groups attached to an aromatic ring is 1. The normalized spacial score (nSPS) is 11.3. The van der Waals surface area contributed by atoms with Crippen molar-refractivity contribution < 1.29 is 18.0 Å². The lowest BCUT2D eigenvalue weighted by Crippen LogP contribution is -2.25. The first kappa shape index (κ1) is 21.6. The summed E-state index contributed by atoms with van der Waals surface area (Å²) in [5.41, 5.74) is 7.47. The summed E-state index contributed by atoms with van der Waals surface area (Å²) in [4.78, 5) is 12.2. The van der Waals surface area contributed by atoms with Crippen LogP contribution in [0.3, 0.4) is 0 Å². The molecule has 0 radical (unpaired) electrons. The third-order valence-electron chi connectivity index (χ3n) is 4.39. The third-order valence-corrected chi connectivity index (χ3v) is 4.39. The Morgan fingerprint density at radius 3 is 2.36 bits per heavy atom. The molecule has 152 valence electrons. The minimum Gasteiger partial charge on any atom is -0.398 e. The smallest absolute Gasteiger partial charge is 0.398 e. The fourth-order valence-corrected chi connectivity index (χ4v) is 2.74. The molecule has 0 bridgehead atoms. The zero-order chi connectivity index (χ0) is 20.6. The van der Waals surface area contributed by atoms with E-state index in [9.17, 15) is 18.0 Å². The van der Waals surface area contributed by atoms with E-state index in [1.807, 2.05) is 0 Å². The van der Waals surface area contributed by atoms with Gasteiger partial charge >= 0.3 is 6.18 Å². The van der Waals surface area contributed by atoms with Gasteiger partial charge in [-0.3, -0.25) is 4.79 Å². The molecule has 2 aromatic carbocycles. The molecular weight excluding hydrogens is 367 g/mol. The first-order valence-electron chi connectivity index (χ1n) is 9.39. The topological polar surface area (TPSA) is 67.2 Å². The fraction of sp³-hybridized carbons (Fsp3) is 0.381. The van der Waals surface area contributed by atoms with Crippen molar-refractivity contribution in [3.8, 4) is 0 Å². The van der Waals surface area contributed by atoms with Crippen molar-refractivity contribution in [1.82, 2.24) is 5.32 Å². The van der Waals surface area contributed by atoms with Gasteiger partial charge < -0.3 is 16.4 Å². The Morgan fingerprint density at radius 2 is 1.75 bits per heavy atom. The van der Waals surface area contributed by atoms with Gasteiger partial charge in [0.25, 0.3) is 5.91 Å². The number of carbonyl (C=O) groups excluding carboxylic acids is 1. The lowest BCUT2D eigenvalue weighted by atomic mass is 10.1. The number of rotatable bonds is 9. The Labute approximate surface area is 163 Å². The molecule has 2 aromatic rings. The second kappa shape index (κ2) is 10.0. The number of halogens is 3. The highest BCUT2D eigenvalue weighted by Gasteiger charge is 2.29. The van der Waals surface area contributed by atoms with Crippen molar-refractivity contribution in [2.24, 2.45) is 0 Å². The van der Waals surface area contributed by atoms with Crippen LogP contribution in [0.4, 0.5) is 24.5 Å². The molecule has 0 aliphatic heterocycles. The number of anilines is 2. The first-order chi connectivity index (χ1) is 13.3. The van der Waals surface area contributed by atoms with Crippen LogP contribution in [0.25, 0.3) is 0 Å². The Hall–Kier alpha value is -2.70. The molecule has 0 atom stereocenters. The molecule has 4 nitrogen and oxygen atoms in total. The van der Waals surface area contributed by atoms with Gasteiger partial charge in [0.2, 0.25) is 0 Å². The van der Waals surface area contributed by atoms with Gasteiger partial charge in [0.1, 0.15) is 0 Å². The van der Waals surface area contributed by atoms with E-state index in [1.54, 1.807) is 18.2 Å². The van der Waals surface area contributed by atoms with Gasteiger partial charge in [-0.05, 0) is 42.3 Å². The van der Waals surface area contributed by atoms with Crippen LogP contribution in [0.5, 0.6) is 0 Å². The number of carbonyl (C=O) groups is 1. The summed E-state index contributed by atoms with van der Waals surface area (Å²) in [5, 5.41) is 5.96. The minimum atomic E-state index is -4.34. The van der Waals surface area contributed by atoms with Crippen LogP contribution in [0.15, 0.2) is 42.5 Å². The molecule has 0 saturated carbocycles. The van der Waals surface area contributed by atoms with Gasteiger partial charge in [-0.15, -0.1) is 0 Å². The maximum atomic E-state index is 12.6. The summed E-state index contributed by atoms with van der Waals surface area (Å²) in [7, 11) is 0. The van der Waals surface area contributed by atoms with E-state index in [2.05, 4.69) is 17.6 Å². The Bertz CT molecular complexity index is 773. The van der Waals surface area contributed by atoms with Crippen LogP contribution in [-0.2, 0) is 12.7 Å². The van der Waals surface area contributed by atoms with E-state index in [-0.39, 0.29) is 5.91 Å². The molecule has 2 rings (SSSR count).